The van der Waals surface area contributed by atoms with Crippen LogP contribution in [0, 0.1) is 5.92 Å². The van der Waals surface area contributed by atoms with Gasteiger partial charge in [-0.1, -0.05) is 30.3 Å². The van der Waals surface area contributed by atoms with Gasteiger partial charge in [-0.2, -0.15) is 0 Å². The average molecular weight is 334 g/mol. The Morgan fingerprint density at radius 1 is 1.25 bits per heavy atom. The standard InChI is InChI=1S/C17H22N2O5/c1-12(20)19-9-14(8-16(21)22)7-15(10-19)18-17(23)24-11-13-5-3-2-4-6-13/h2-6,14-15H,7-11H2,1H3,(H,18,23)(H,21,22). The van der Waals surface area contributed by atoms with Crippen LogP contribution in [0.1, 0.15) is 25.3 Å². The molecule has 0 spiro atoms. The van der Waals surface area contributed by atoms with Crippen molar-refractivity contribution in [1.82, 2.24) is 10.2 Å². The summed E-state index contributed by atoms with van der Waals surface area (Å²) in [4.78, 5) is 36.0. The minimum absolute atomic E-state index is 0.0268. The number of likely N-dealkylation sites (tertiary alicyclic amines) is 1. The Balaban J connectivity index is 1.87. The zero-order valence-corrected chi connectivity index (χ0v) is 13.6. The number of alkyl carbamates (subject to hydrolysis) is 1. The fraction of sp³-hybridized carbons (Fsp3) is 0.471. The summed E-state index contributed by atoms with van der Waals surface area (Å²) in [5.41, 5.74) is 0.880. The van der Waals surface area contributed by atoms with Crippen LogP contribution in [-0.2, 0) is 20.9 Å². The number of carboxylic acid groups (broad SMARTS) is 1. The highest BCUT2D eigenvalue weighted by molar-refractivity contribution is 5.74. The van der Waals surface area contributed by atoms with Crippen molar-refractivity contribution in [3.05, 3.63) is 35.9 Å². The fourth-order valence-electron chi connectivity index (χ4n) is 2.89. The maximum atomic E-state index is 11.9. The maximum Gasteiger partial charge on any atom is 0.407 e. The predicted molar refractivity (Wildman–Crippen MR) is 86.2 cm³/mol. The summed E-state index contributed by atoms with van der Waals surface area (Å²) >= 11 is 0. The van der Waals surface area contributed by atoms with Gasteiger partial charge in [0.25, 0.3) is 0 Å². The topological polar surface area (TPSA) is 95.9 Å². The van der Waals surface area contributed by atoms with Crippen molar-refractivity contribution >= 4 is 18.0 Å². The van der Waals surface area contributed by atoms with Crippen LogP contribution in [0.2, 0.25) is 0 Å². The number of hydrogen-bond donors (Lipinski definition) is 2. The molecule has 0 aromatic heterocycles. The number of aliphatic carboxylic acids is 1. The summed E-state index contributed by atoms with van der Waals surface area (Å²) in [5.74, 6) is -1.22. The average Bonchev–Trinajstić information content (AvgIpc) is 2.53. The van der Waals surface area contributed by atoms with Gasteiger partial charge in [-0.3, -0.25) is 9.59 Å². The van der Waals surface area contributed by atoms with Crippen molar-refractivity contribution in [1.29, 1.82) is 0 Å². The van der Waals surface area contributed by atoms with E-state index in [9.17, 15) is 14.4 Å². The molecule has 1 heterocycles. The second kappa shape index (κ2) is 8.33. The molecule has 0 radical (unpaired) electrons. The SMILES string of the molecule is CC(=O)N1CC(CC(=O)O)CC(NC(=O)OCc2ccccc2)C1. The molecule has 2 N–H and O–H groups in total. The molecule has 1 saturated heterocycles. The summed E-state index contributed by atoms with van der Waals surface area (Å²) in [6.07, 6.45) is -0.0827. The van der Waals surface area contributed by atoms with E-state index in [-0.39, 0.29) is 30.9 Å². The predicted octanol–water partition coefficient (Wildman–Crippen LogP) is 1.62. The molecule has 24 heavy (non-hydrogen) atoms. The Morgan fingerprint density at radius 3 is 2.58 bits per heavy atom. The lowest BCUT2D eigenvalue weighted by Gasteiger charge is -2.37. The van der Waals surface area contributed by atoms with Crippen molar-refractivity contribution in [2.75, 3.05) is 13.1 Å². The molecule has 7 heteroatoms. The Kier molecular flexibility index (Phi) is 6.17. The molecular weight excluding hydrogens is 312 g/mol. The first-order valence-corrected chi connectivity index (χ1v) is 7.88. The molecule has 1 aliphatic rings. The number of rotatable bonds is 5. The molecule has 2 amide bonds. The van der Waals surface area contributed by atoms with Crippen LogP contribution in [0.25, 0.3) is 0 Å². The Hall–Kier alpha value is -2.57. The first-order chi connectivity index (χ1) is 11.4. The van der Waals surface area contributed by atoms with Crippen molar-refractivity contribution in [3.63, 3.8) is 0 Å². The van der Waals surface area contributed by atoms with E-state index in [1.165, 1.54) is 6.92 Å². The van der Waals surface area contributed by atoms with Crippen molar-refractivity contribution in [2.45, 2.75) is 32.4 Å². The van der Waals surface area contributed by atoms with E-state index < -0.39 is 12.1 Å². The third kappa shape index (κ3) is 5.57. The molecule has 1 aromatic carbocycles. The number of carbonyl (C=O) groups excluding carboxylic acids is 2. The van der Waals surface area contributed by atoms with Crippen LogP contribution in [0.4, 0.5) is 4.79 Å². The van der Waals surface area contributed by atoms with Crippen molar-refractivity contribution < 1.29 is 24.2 Å². The summed E-state index contributed by atoms with van der Waals surface area (Å²) in [6, 6.07) is 9.00. The second-order valence-corrected chi connectivity index (χ2v) is 6.03. The van der Waals surface area contributed by atoms with Gasteiger partial charge in [-0.15, -0.1) is 0 Å². The van der Waals surface area contributed by atoms with E-state index in [0.29, 0.717) is 19.5 Å². The van der Waals surface area contributed by atoms with Gasteiger partial charge < -0.3 is 20.1 Å². The molecule has 0 saturated carbocycles. The van der Waals surface area contributed by atoms with Gasteiger partial charge in [0, 0.05) is 26.4 Å². The molecular formula is C17H22N2O5. The summed E-state index contributed by atoms with van der Waals surface area (Å²) in [7, 11) is 0. The number of hydrogen-bond acceptors (Lipinski definition) is 4. The van der Waals surface area contributed by atoms with Gasteiger partial charge >= 0.3 is 12.1 Å². The smallest absolute Gasteiger partial charge is 0.407 e. The largest absolute Gasteiger partial charge is 0.481 e. The highest BCUT2D eigenvalue weighted by atomic mass is 16.5. The lowest BCUT2D eigenvalue weighted by molar-refractivity contribution is -0.140. The van der Waals surface area contributed by atoms with E-state index in [2.05, 4.69) is 5.32 Å². The Labute approximate surface area is 140 Å². The zero-order chi connectivity index (χ0) is 17.5. The van der Waals surface area contributed by atoms with Gasteiger partial charge in [-0.05, 0) is 17.9 Å². The molecule has 7 nitrogen and oxygen atoms in total. The van der Waals surface area contributed by atoms with Crippen molar-refractivity contribution in [2.24, 2.45) is 5.92 Å². The molecule has 1 aliphatic heterocycles. The van der Waals surface area contributed by atoms with Gasteiger partial charge in [0.2, 0.25) is 5.91 Å². The lowest BCUT2D eigenvalue weighted by atomic mass is 9.91. The first kappa shape index (κ1) is 17.8. The summed E-state index contributed by atoms with van der Waals surface area (Å²) < 4.78 is 5.17. The summed E-state index contributed by atoms with van der Waals surface area (Å²) in [6.45, 7) is 2.37. The third-order valence-corrected chi connectivity index (χ3v) is 3.98. The van der Waals surface area contributed by atoms with E-state index in [1.54, 1.807) is 4.90 Å². The first-order valence-electron chi connectivity index (χ1n) is 7.88. The third-order valence-electron chi connectivity index (χ3n) is 3.98. The molecule has 1 aromatic rings. The van der Waals surface area contributed by atoms with Crippen LogP contribution in [-0.4, -0.2) is 47.1 Å². The number of piperidine rings is 1. The van der Waals surface area contributed by atoms with E-state index in [0.717, 1.165) is 5.56 Å². The van der Waals surface area contributed by atoms with Crippen LogP contribution in [0.5, 0.6) is 0 Å². The fourth-order valence-corrected chi connectivity index (χ4v) is 2.89. The normalized spacial score (nSPS) is 20.3. The number of carboxylic acids is 1. The monoisotopic (exact) mass is 334 g/mol. The van der Waals surface area contributed by atoms with Gasteiger partial charge in [-0.25, -0.2) is 4.79 Å². The number of amides is 2. The lowest BCUT2D eigenvalue weighted by Crippen LogP contribution is -2.52. The van der Waals surface area contributed by atoms with Gasteiger partial charge in [0.15, 0.2) is 0 Å². The molecule has 0 bridgehead atoms. The van der Waals surface area contributed by atoms with Crippen molar-refractivity contribution in [3.8, 4) is 0 Å². The number of nitrogens with one attached hydrogen (secondary N) is 1. The number of ether oxygens (including phenoxy) is 1. The quantitative estimate of drug-likeness (QED) is 0.853. The Bertz CT molecular complexity index is 590. The highest BCUT2D eigenvalue weighted by Crippen LogP contribution is 2.20. The maximum absolute atomic E-state index is 11.9. The van der Waals surface area contributed by atoms with Gasteiger partial charge in [0.1, 0.15) is 6.61 Å². The molecule has 0 aliphatic carbocycles. The molecule has 2 rings (SSSR count). The Morgan fingerprint density at radius 2 is 1.96 bits per heavy atom. The van der Waals surface area contributed by atoms with Crippen LogP contribution in [0.15, 0.2) is 30.3 Å². The number of benzene rings is 1. The minimum atomic E-state index is -0.907. The molecule has 130 valence electrons. The zero-order valence-electron chi connectivity index (χ0n) is 13.6. The van der Waals surface area contributed by atoms with E-state index >= 15 is 0 Å². The summed E-state index contributed by atoms with van der Waals surface area (Å²) in [5, 5.41) is 11.7. The molecule has 2 unspecified atom stereocenters. The highest BCUT2D eigenvalue weighted by Gasteiger charge is 2.31. The van der Waals surface area contributed by atoms with E-state index in [4.69, 9.17) is 9.84 Å². The van der Waals surface area contributed by atoms with Gasteiger partial charge in [0.05, 0.1) is 6.04 Å². The molecule has 2 atom stereocenters. The number of carbonyl (C=O) groups is 3. The van der Waals surface area contributed by atoms with Crippen LogP contribution < -0.4 is 5.32 Å². The number of nitrogens with zero attached hydrogens (tertiary/aromatic N) is 1. The molecule has 1 fully saturated rings. The van der Waals surface area contributed by atoms with Crippen LogP contribution in [0.3, 0.4) is 0 Å². The van der Waals surface area contributed by atoms with Crippen LogP contribution >= 0.6 is 0 Å². The second-order valence-electron chi connectivity index (χ2n) is 6.03. The minimum Gasteiger partial charge on any atom is -0.481 e. The van der Waals surface area contributed by atoms with E-state index in [1.807, 2.05) is 30.3 Å².